The summed E-state index contributed by atoms with van der Waals surface area (Å²) in [6.07, 6.45) is 4.52. The molecule has 1 aromatic rings. The third-order valence-corrected chi connectivity index (χ3v) is 3.82. The third-order valence-electron chi connectivity index (χ3n) is 3.82. The minimum absolute atomic E-state index is 0.113. The number of halogens is 2. The summed E-state index contributed by atoms with van der Waals surface area (Å²) >= 11 is 0. The van der Waals surface area contributed by atoms with Crippen LogP contribution in [0, 0.1) is 17.6 Å². The molecule has 2 rings (SSSR count). The molecule has 106 valence electrons. The van der Waals surface area contributed by atoms with E-state index in [0.29, 0.717) is 12.3 Å². The van der Waals surface area contributed by atoms with Crippen LogP contribution < -0.4 is 5.32 Å². The molecule has 0 amide bonds. The molecule has 0 spiro atoms. The summed E-state index contributed by atoms with van der Waals surface area (Å²) in [6.45, 7) is 1.71. The van der Waals surface area contributed by atoms with Gasteiger partial charge in [0.1, 0.15) is 0 Å². The van der Waals surface area contributed by atoms with Crippen molar-refractivity contribution >= 4 is 0 Å². The van der Waals surface area contributed by atoms with Crippen LogP contribution in [0.1, 0.15) is 31.2 Å². The van der Waals surface area contributed by atoms with Crippen molar-refractivity contribution in [1.29, 1.82) is 0 Å². The highest BCUT2D eigenvalue weighted by Gasteiger charge is 2.18. The Labute approximate surface area is 112 Å². The van der Waals surface area contributed by atoms with Crippen LogP contribution in [0.25, 0.3) is 0 Å². The highest BCUT2D eigenvalue weighted by molar-refractivity contribution is 5.17. The van der Waals surface area contributed by atoms with E-state index in [9.17, 15) is 13.9 Å². The Morgan fingerprint density at radius 1 is 1.11 bits per heavy atom. The summed E-state index contributed by atoms with van der Waals surface area (Å²) in [5.41, 5.74) is 0.811. The lowest BCUT2D eigenvalue weighted by Crippen LogP contribution is -2.29. The van der Waals surface area contributed by atoms with Crippen molar-refractivity contribution in [3.05, 3.63) is 35.4 Å². The van der Waals surface area contributed by atoms with E-state index in [-0.39, 0.29) is 6.10 Å². The van der Waals surface area contributed by atoms with E-state index in [1.807, 2.05) is 0 Å². The van der Waals surface area contributed by atoms with Gasteiger partial charge in [0.05, 0.1) is 6.10 Å². The summed E-state index contributed by atoms with van der Waals surface area (Å²) in [5.74, 6) is -0.940. The van der Waals surface area contributed by atoms with Gasteiger partial charge in [-0.25, -0.2) is 8.78 Å². The van der Waals surface area contributed by atoms with Crippen molar-refractivity contribution < 1.29 is 13.9 Å². The zero-order chi connectivity index (χ0) is 13.7. The van der Waals surface area contributed by atoms with Gasteiger partial charge in [0.15, 0.2) is 11.6 Å². The van der Waals surface area contributed by atoms with Crippen LogP contribution in [0.15, 0.2) is 18.2 Å². The van der Waals surface area contributed by atoms with Gasteiger partial charge < -0.3 is 10.4 Å². The van der Waals surface area contributed by atoms with Gasteiger partial charge in [-0.05, 0) is 68.8 Å². The van der Waals surface area contributed by atoms with E-state index in [2.05, 4.69) is 5.32 Å². The lowest BCUT2D eigenvalue weighted by molar-refractivity contribution is 0.108. The van der Waals surface area contributed by atoms with E-state index >= 15 is 0 Å². The molecule has 0 atom stereocenters. The maximum Gasteiger partial charge on any atom is 0.159 e. The van der Waals surface area contributed by atoms with Crippen LogP contribution in [0.4, 0.5) is 8.78 Å². The predicted molar refractivity (Wildman–Crippen MR) is 70.9 cm³/mol. The van der Waals surface area contributed by atoms with E-state index in [4.69, 9.17) is 0 Å². The fourth-order valence-corrected chi connectivity index (χ4v) is 2.58. The lowest BCUT2D eigenvalue weighted by Gasteiger charge is -2.25. The number of aliphatic hydroxyl groups excluding tert-OH is 1. The van der Waals surface area contributed by atoms with Gasteiger partial charge in [-0.1, -0.05) is 6.07 Å². The maximum atomic E-state index is 13.0. The van der Waals surface area contributed by atoms with Gasteiger partial charge in [-0.3, -0.25) is 0 Å². The summed E-state index contributed by atoms with van der Waals surface area (Å²) < 4.78 is 25.7. The maximum absolute atomic E-state index is 13.0. The van der Waals surface area contributed by atoms with Gasteiger partial charge in [0.2, 0.25) is 0 Å². The zero-order valence-corrected chi connectivity index (χ0v) is 11.0. The fourth-order valence-electron chi connectivity index (χ4n) is 2.58. The first-order chi connectivity index (χ1) is 9.15. The van der Waals surface area contributed by atoms with Gasteiger partial charge in [-0.2, -0.15) is 0 Å². The molecule has 0 bridgehead atoms. The Morgan fingerprint density at radius 3 is 2.53 bits per heavy atom. The van der Waals surface area contributed by atoms with E-state index in [1.54, 1.807) is 6.07 Å². The van der Waals surface area contributed by atoms with Gasteiger partial charge in [0.25, 0.3) is 0 Å². The second-order valence-corrected chi connectivity index (χ2v) is 5.38. The van der Waals surface area contributed by atoms with Crippen LogP contribution in [-0.4, -0.2) is 24.3 Å². The topological polar surface area (TPSA) is 32.3 Å². The molecule has 19 heavy (non-hydrogen) atoms. The third kappa shape index (κ3) is 4.55. The normalized spacial score (nSPS) is 23.5. The number of nitrogens with one attached hydrogen (secondary N) is 1. The molecule has 1 saturated carbocycles. The number of rotatable bonds is 5. The van der Waals surface area contributed by atoms with Crippen LogP contribution in [-0.2, 0) is 6.42 Å². The molecule has 2 nitrogen and oxygen atoms in total. The second kappa shape index (κ2) is 6.96. The number of aliphatic hydroxyl groups is 1. The van der Waals surface area contributed by atoms with Crippen molar-refractivity contribution in [3.8, 4) is 0 Å². The van der Waals surface area contributed by atoms with Crippen LogP contribution in [0.5, 0.6) is 0 Å². The van der Waals surface area contributed by atoms with Crippen molar-refractivity contribution in [2.24, 2.45) is 5.92 Å². The molecule has 4 heteroatoms. The molecule has 0 unspecified atom stereocenters. The lowest BCUT2D eigenvalue weighted by atomic mass is 9.87. The molecule has 0 saturated heterocycles. The summed E-state index contributed by atoms with van der Waals surface area (Å²) in [7, 11) is 0. The van der Waals surface area contributed by atoms with E-state index in [1.165, 1.54) is 12.1 Å². The Kier molecular flexibility index (Phi) is 5.28. The number of benzene rings is 1. The average molecular weight is 269 g/mol. The first-order valence-electron chi connectivity index (χ1n) is 6.98. The van der Waals surface area contributed by atoms with Crippen LogP contribution in [0.2, 0.25) is 0 Å². The summed E-state index contributed by atoms with van der Waals surface area (Å²) in [6, 6.07) is 4.05. The molecule has 1 fully saturated rings. The van der Waals surface area contributed by atoms with Gasteiger partial charge >= 0.3 is 0 Å². The largest absolute Gasteiger partial charge is 0.393 e. The van der Waals surface area contributed by atoms with Crippen molar-refractivity contribution in [1.82, 2.24) is 5.32 Å². The zero-order valence-electron chi connectivity index (χ0n) is 11.0. The second-order valence-electron chi connectivity index (χ2n) is 5.38. The van der Waals surface area contributed by atoms with Gasteiger partial charge in [-0.15, -0.1) is 0 Å². The smallest absolute Gasteiger partial charge is 0.159 e. The minimum Gasteiger partial charge on any atom is -0.393 e. The summed E-state index contributed by atoms with van der Waals surface area (Å²) in [4.78, 5) is 0. The molecule has 2 N–H and O–H groups in total. The summed E-state index contributed by atoms with van der Waals surface area (Å²) in [5, 5.41) is 12.8. The first kappa shape index (κ1) is 14.4. The molecule has 0 heterocycles. The molecule has 0 radical (unpaired) electrons. The van der Waals surface area contributed by atoms with Crippen molar-refractivity contribution in [3.63, 3.8) is 0 Å². The molecule has 1 aromatic carbocycles. The van der Waals surface area contributed by atoms with Crippen molar-refractivity contribution in [2.75, 3.05) is 13.1 Å². The number of hydrogen-bond donors (Lipinski definition) is 2. The molecule has 1 aliphatic rings. The quantitative estimate of drug-likeness (QED) is 0.805. The SMILES string of the molecule is OC1CCC(CNCCc2ccc(F)c(F)c2)CC1. The highest BCUT2D eigenvalue weighted by Crippen LogP contribution is 2.23. The van der Waals surface area contributed by atoms with Crippen LogP contribution >= 0.6 is 0 Å². The first-order valence-corrected chi connectivity index (χ1v) is 6.98. The minimum atomic E-state index is -0.794. The Balaban J connectivity index is 1.65. The Morgan fingerprint density at radius 2 is 1.84 bits per heavy atom. The molecule has 0 aliphatic heterocycles. The molecular weight excluding hydrogens is 248 g/mol. The Bertz CT molecular complexity index is 403. The fraction of sp³-hybridized carbons (Fsp3) is 0.600. The standard InChI is InChI=1S/C15H21F2NO/c16-14-6-3-11(9-15(14)17)7-8-18-10-12-1-4-13(19)5-2-12/h3,6,9,12-13,18-19H,1-2,4-5,7-8,10H2. The van der Waals surface area contributed by atoms with Gasteiger partial charge in [0, 0.05) is 0 Å². The Hall–Kier alpha value is -1.00. The molecule has 0 aromatic heterocycles. The van der Waals surface area contributed by atoms with Crippen LogP contribution in [0.3, 0.4) is 0 Å². The molecular formula is C15H21F2NO. The predicted octanol–water partition coefficient (Wildman–Crippen LogP) is 2.65. The van der Waals surface area contributed by atoms with E-state index in [0.717, 1.165) is 44.3 Å². The van der Waals surface area contributed by atoms with Crippen molar-refractivity contribution in [2.45, 2.75) is 38.2 Å². The highest BCUT2D eigenvalue weighted by atomic mass is 19.2. The molecule has 1 aliphatic carbocycles. The average Bonchev–Trinajstić information content (AvgIpc) is 2.41. The number of hydrogen-bond acceptors (Lipinski definition) is 2. The van der Waals surface area contributed by atoms with E-state index < -0.39 is 11.6 Å². The monoisotopic (exact) mass is 269 g/mol.